The lowest BCUT2D eigenvalue weighted by Gasteiger charge is -2.08. The third kappa shape index (κ3) is 4.33. The van der Waals surface area contributed by atoms with Gasteiger partial charge in [-0.25, -0.2) is 0 Å². The molecule has 0 aliphatic carbocycles. The van der Waals surface area contributed by atoms with Crippen molar-refractivity contribution in [3.63, 3.8) is 0 Å². The molecule has 0 aromatic heterocycles. The number of rotatable bonds is 5. The fraction of sp³-hybridized carbons (Fsp3) is 0.455. The smallest absolute Gasteiger partial charge is 0.0574 e. The first-order valence-electron chi connectivity index (χ1n) is 4.97. The van der Waals surface area contributed by atoms with E-state index in [0.717, 1.165) is 11.4 Å². The van der Waals surface area contributed by atoms with Crippen molar-refractivity contribution >= 4 is 22.4 Å². The lowest BCUT2D eigenvalue weighted by molar-refractivity contribution is 0.610. The average Bonchev–Trinajstić information content (AvgIpc) is 2.17. The maximum absolute atomic E-state index is 11.8. The fourth-order valence-electron chi connectivity index (χ4n) is 1.18. The van der Waals surface area contributed by atoms with E-state index >= 15 is 0 Å². The van der Waals surface area contributed by atoms with Crippen molar-refractivity contribution < 1.29 is 4.21 Å². The highest BCUT2D eigenvalue weighted by molar-refractivity contribution is 7.85. The predicted molar refractivity (Wildman–Crippen MR) is 65.9 cm³/mol. The van der Waals surface area contributed by atoms with Gasteiger partial charge in [0, 0.05) is 18.3 Å². The molecule has 0 amide bonds. The van der Waals surface area contributed by atoms with Gasteiger partial charge in [-0.1, -0.05) is 37.6 Å². The molecule has 1 rings (SSSR count). The molecule has 0 fully saturated rings. The van der Waals surface area contributed by atoms with Crippen molar-refractivity contribution in [2.45, 2.75) is 24.8 Å². The van der Waals surface area contributed by atoms with Gasteiger partial charge in [0.05, 0.1) is 20.7 Å². The molecular formula is C11H16ClNOS. The average molecular weight is 246 g/mol. The number of benzene rings is 1. The molecular weight excluding hydrogens is 230 g/mol. The molecule has 0 bridgehead atoms. The number of halogens is 1. The first-order valence-corrected chi connectivity index (χ1v) is 6.67. The molecule has 0 aliphatic rings. The summed E-state index contributed by atoms with van der Waals surface area (Å²) in [4.78, 5) is 0.727. The summed E-state index contributed by atoms with van der Waals surface area (Å²) < 4.78 is 11.8. The van der Waals surface area contributed by atoms with Crippen LogP contribution in [0.5, 0.6) is 0 Å². The zero-order valence-corrected chi connectivity index (χ0v) is 10.6. The van der Waals surface area contributed by atoms with Crippen LogP contribution in [0.4, 0.5) is 0 Å². The van der Waals surface area contributed by atoms with E-state index in [4.69, 9.17) is 11.6 Å². The third-order valence-electron chi connectivity index (χ3n) is 1.92. The maximum Gasteiger partial charge on any atom is 0.0574 e. The number of hydrogen-bond donors (Lipinski definition) is 1. The van der Waals surface area contributed by atoms with Gasteiger partial charge < -0.3 is 5.32 Å². The Kier molecular flexibility index (Phi) is 5.29. The molecule has 0 heterocycles. The van der Waals surface area contributed by atoms with E-state index in [1.807, 2.05) is 18.2 Å². The highest BCUT2D eigenvalue weighted by Gasteiger charge is 2.07. The summed E-state index contributed by atoms with van der Waals surface area (Å²) in [7, 11) is -1.01. The maximum atomic E-state index is 11.8. The summed E-state index contributed by atoms with van der Waals surface area (Å²) in [6.45, 7) is 4.88. The highest BCUT2D eigenvalue weighted by Crippen LogP contribution is 2.18. The Balaban J connectivity index is 2.51. The molecule has 1 aromatic rings. The quantitative estimate of drug-likeness (QED) is 0.864. The number of nitrogens with one attached hydrogen (secondary N) is 1. The molecule has 1 unspecified atom stereocenters. The summed E-state index contributed by atoms with van der Waals surface area (Å²) in [5.41, 5.74) is 0. The Morgan fingerprint density at radius 1 is 1.40 bits per heavy atom. The molecule has 0 radical (unpaired) electrons. The van der Waals surface area contributed by atoms with Crippen LogP contribution in [0.1, 0.15) is 13.8 Å². The van der Waals surface area contributed by atoms with Gasteiger partial charge >= 0.3 is 0 Å². The van der Waals surface area contributed by atoms with Crippen LogP contribution in [0.15, 0.2) is 29.2 Å². The van der Waals surface area contributed by atoms with E-state index in [1.54, 1.807) is 6.07 Å². The lowest BCUT2D eigenvalue weighted by atomic mass is 10.4. The summed E-state index contributed by atoms with van der Waals surface area (Å²) in [5.74, 6) is 0.599. The second-order valence-electron chi connectivity index (χ2n) is 3.59. The molecule has 0 saturated heterocycles. The Hall–Kier alpha value is -0.380. The molecule has 1 N–H and O–H groups in total. The van der Waals surface area contributed by atoms with Crippen molar-refractivity contribution in [2.75, 3.05) is 12.3 Å². The van der Waals surface area contributed by atoms with Gasteiger partial charge in [-0.3, -0.25) is 4.21 Å². The van der Waals surface area contributed by atoms with E-state index in [2.05, 4.69) is 19.2 Å². The van der Waals surface area contributed by atoms with E-state index in [9.17, 15) is 4.21 Å². The topological polar surface area (TPSA) is 29.1 Å². The minimum atomic E-state index is -1.01. The first-order chi connectivity index (χ1) is 7.11. The minimum absolute atomic E-state index is 0.424. The van der Waals surface area contributed by atoms with Gasteiger partial charge in [0.2, 0.25) is 0 Å². The van der Waals surface area contributed by atoms with Gasteiger partial charge in [-0.2, -0.15) is 0 Å². The molecule has 15 heavy (non-hydrogen) atoms. The molecule has 0 aliphatic heterocycles. The molecule has 0 spiro atoms. The fourth-order valence-corrected chi connectivity index (χ4v) is 2.61. The molecule has 4 heteroatoms. The van der Waals surface area contributed by atoms with Crippen LogP contribution >= 0.6 is 11.6 Å². The van der Waals surface area contributed by atoms with Gasteiger partial charge in [-0.15, -0.1) is 0 Å². The van der Waals surface area contributed by atoms with E-state index < -0.39 is 10.8 Å². The van der Waals surface area contributed by atoms with Crippen LogP contribution in [-0.4, -0.2) is 22.5 Å². The second kappa shape index (κ2) is 6.26. The Morgan fingerprint density at radius 3 is 2.67 bits per heavy atom. The van der Waals surface area contributed by atoms with Crippen LogP contribution in [-0.2, 0) is 10.8 Å². The van der Waals surface area contributed by atoms with Crippen LogP contribution in [0.25, 0.3) is 0 Å². The van der Waals surface area contributed by atoms with Crippen LogP contribution in [0.3, 0.4) is 0 Å². The van der Waals surface area contributed by atoms with Gasteiger partial charge in [0.15, 0.2) is 0 Å². The van der Waals surface area contributed by atoms with Crippen molar-refractivity contribution in [3.8, 4) is 0 Å². The lowest BCUT2D eigenvalue weighted by Crippen LogP contribution is -2.27. The van der Waals surface area contributed by atoms with Gasteiger partial charge in [0.25, 0.3) is 0 Å². The Bertz CT molecular complexity index is 341. The monoisotopic (exact) mass is 245 g/mol. The van der Waals surface area contributed by atoms with Crippen molar-refractivity contribution in [2.24, 2.45) is 0 Å². The Labute approximate surface area is 98.5 Å². The molecule has 0 saturated carbocycles. The van der Waals surface area contributed by atoms with Crippen molar-refractivity contribution in [1.29, 1.82) is 0 Å². The van der Waals surface area contributed by atoms with Crippen molar-refractivity contribution in [3.05, 3.63) is 29.3 Å². The van der Waals surface area contributed by atoms with E-state index in [1.165, 1.54) is 0 Å². The number of hydrogen-bond acceptors (Lipinski definition) is 2. The molecule has 84 valence electrons. The summed E-state index contributed by atoms with van der Waals surface area (Å²) in [5, 5.41) is 3.81. The van der Waals surface area contributed by atoms with E-state index in [-0.39, 0.29) is 0 Å². The Morgan fingerprint density at radius 2 is 2.07 bits per heavy atom. The zero-order valence-electron chi connectivity index (χ0n) is 9.00. The van der Waals surface area contributed by atoms with Crippen LogP contribution < -0.4 is 5.32 Å². The molecule has 1 aromatic carbocycles. The summed E-state index contributed by atoms with van der Waals surface area (Å²) >= 11 is 5.95. The van der Waals surface area contributed by atoms with Gasteiger partial charge in [0.1, 0.15) is 0 Å². The standard InChI is InChI=1S/C11H16ClNOS/c1-9(2)13-7-8-15(14)11-6-4-3-5-10(11)12/h3-6,9,13H,7-8H2,1-2H3. The largest absolute Gasteiger partial charge is 0.314 e. The SMILES string of the molecule is CC(C)NCCS(=O)c1ccccc1Cl. The molecule has 1 atom stereocenters. The third-order valence-corrected chi connectivity index (χ3v) is 3.79. The molecule has 2 nitrogen and oxygen atoms in total. The van der Waals surface area contributed by atoms with Crippen molar-refractivity contribution in [1.82, 2.24) is 5.32 Å². The summed E-state index contributed by atoms with van der Waals surface area (Å²) in [6, 6.07) is 7.70. The first kappa shape index (κ1) is 12.7. The second-order valence-corrected chi connectivity index (χ2v) is 5.54. The summed E-state index contributed by atoms with van der Waals surface area (Å²) in [6.07, 6.45) is 0. The van der Waals surface area contributed by atoms with E-state index in [0.29, 0.717) is 16.8 Å². The van der Waals surface area contributed by atoms with Crippen LogP contribution in [0.2, 0.25) is 5.02 Å². The minimum Gasteiger partial charge on any atom is -0.314 e. The predicted octanol–water partition coefficient (Wildman–Crippen LogP) is 2.45. The highest BCUT2D eigenvalue weighted by atomic mass is 35.5. The normalized spacial score (nSPS) is 13.1. The van der Waals surface area contributed by atoms with Crippen LogP contribution in [0, 0.1) is 0 Å². The van der Waals surface area contributed by atoms with Gasteiger partial charge in [-0.05, 0) is 12.1 Å². The zero-order chi connectivity index (χ0) is 11.3.